The quantitative estimate of drug-likeness (QED) is 0.0404. The average Bonchev–Trinajstić information content (AvgIpc) is 2.99. The van der Waals surface area contributed by atoms with Crippen molar-refractivity contribution in [3.63, 3.8) is 0 Å². The van der Waals surface area contributed by atoms with Crippen molar-refractivity contribution in [2.75, 3.05) is 6.61 Å². The fourth-order valence-electron chi connectivity index (χ4n) is 6.08. The largest absolute Gasteiger partial charge is 0.466 e. The van der Waals surface area contributed by atoms with Crippen LogP contribution >= 0.6 is 0 Å². The van der Waals surface area contributed by atoms with E-state index in [1.165, 1.54) is 193 Å². The summed E-state index contributed by atoms with van der Waals surface area (Å²) in [5.41, 5.74) is 0. The zero-order valence-corrected chi connectivity index (χ0v) is 30.1. The molecule has 0 radical (unpaired) electrons. The summed E-state index contributed by atoms with van der Waals surface area (Å²) >= 11 is 0. The number of hydrogen-bond donors (Lipinski definition) is 0. The van der Waals surface area contributed by atoms with Gasteiger partial charge in [-0.2, -0.15) is 0 Å². The third kappa shape index (κ3) is 39.2. The summed E-state index contributed by atoms with van der Waals surface area (Å²) in [4.78, 5) is 12.0. The van der Waals surface area contributed by atoms with Crippen LogP contribution in [-0.4, -0.2) is 12.6 Å². The number of carbonyl (C=O) groups is 1. The molecule has 0 heterocycles. The summed E-state index contributed by atoms with van der Waals surface area (Å²) in [6.45, 7) is 7.58. The van der Waals surface area contributed by atoms with Crippen LogP contribution in [0.4, 0.5) is 0 Å². The monoisotopic (exact) mass is 605 g/mol. The second-order valence-corrected chi connectivity index (χ2v) is 14.1. The number of esters is 1. The predicted molar refractivity (Wildman–Crippen MR) is 193 cm³/mol. The van der Waals surface area contributed by atoms with Crippen molar-refractivity contribution in [2.24, 2.45) is 5.92 Å². The molecule has 0 spiro atoms. The Balaban J connectivity index is 3.18. The standard InChI is InChI=1S/C41H80O2/c1-4-5-6-7-8-9-10-11-12-13-14-15-16-20-23-26-29-32-35-38-41(42)43-39-36-33-30-27-24-21-18-17-19-22-25-28-31-34-37-40(2)3/h11-12,40H,4-10,13-39H2,1-3H3. The minimum atomic E-state index is 0.0246. The maximum absolute atomic E-state index is 12.0. The molecule has 0 amide bonds. The number of allylic oxidation sites excluding steroid dienone is 2. The minimum absolute atomic E-state index is 0.0246. The lowest BCUT2D eigenvalue weighted by Crippen LogP contribution is -2.05. The predicted octanol–water partition coefficient (Wildman–Crippen LogP) is 14.6. The van der Waals surface area contributed by atoms with Crippen LogP contribution in [0.15, 0.2) is 12.2 Å². The van der Waals surface area contributed by atoms with E-state index in [4.69, 9.17) is 4.74 Å². The zero-order chi connectivity index (χ0) is 31.3. The van der Waals surface area contributed by atoms with Gasteiger partial charge in [-0.1, -0.05) is 200 Å². The Morgan fingerprint density at radius 3 is 1.23 bits per heavy atom. The maximum Gasteiger partial charge on any atom is 0.305 e. The summed E-state index contributed by atoms with van der Waals surface area (Å²) < 4.78 is 5.46. The van der Waals surface area contributed by atoms with Crippen molar-refractivity contribution in [3.8, 4) is 0 Å². The van der Waals surface area contributed by atoms with E-state index in [1.54, 1.807) is 0 Å². The Hall–Kier alpha value is -0.790. The van der Waals surface area contributed by atoms with Gasteiger partial charge in [-0.3, -0.25) is 4.79 Å². The van der Waals surface area contributed by atoms with Gasteiger partial charge in [-0.05, 0) is 44.4 Å². The minimum Gasteiger partial charge on any atom is -0.466 e. The second kappa shape index (κ2) is 37.4. The van der Waals surface area contributed by atoms with E-state index < -0.39 is 0 Å². The number of rotatable bonds is 36. The zero-order valence-electron chi connectivity index (χ0n) is 30.1. The third-order valence-electron chi connectivity index (χ3n) is 9.08. The van der Waals surface area contributed by atoms with E-state index >= 15 is 0 Å². The summed E-state index contributed by atoms with van der Waals surface area (Å²) in [6, 6.07) is 0. The smallest absolute Gasteiger partial charge is 0.305 e. The van der Waals surface area contributed by atoms with Gasteiger partial charge in [-0.15, -0.1) is 0 Å². The lowest BCUT2D eigenvalue weighted by atomic mass is 10.0. The number of ether oxygens (including phenoxy) is 1. The first-order valence-corrected chi connectivity index (χ1v) is 20.0. The summed E-state index contributed by atoms with van der Waals surface area (Å²) in [5.74, 6) is 0.899. The van der Waals surface area contributed by atoms with Crippen LogP contribution in [0, 0.1) is 5.92 Å². The molecule has 0 fully saturated rings. The van der Waals surface area contributed by atoms with Crippen molar-refractivity contribution in [2.45, 2.75) is 233 Å². The number of unbranched alkanes of at least 4 members (excludes halogenated alkanes) is 28. The summed E-state index contributed by atoms with van der Waals surface area (Å²) in [7, 11) is 0. The van der Waals surface area contributed by atoms with E-state index in [2.05, 4.69) is 32.9 Å². The van der Waals surface area contributed by atoms with Crippen LogP contribution in [0.5, 0.6) is 0 Å². The molecule has 0 saturated carbocycles. The molecule has 0 rings (SSSR count). The van der Waals surface area contributed by atoms with Crippen LogP contribution in [-0.2, 0) is 9.53 Å². The molecule has 0 aliphatic carbocycles. The Morgan fingerprint density at radius 1 is 0.465 bits per heavy atom. The van der Waals surface area contributed by atoms with E-state index in [0.717, 1.165) is 18.8 Å². The lowest BCUT2D eigenvalue weighted by Gasteiger charge is -2.06. The van der Waals surface area contributed by atoms with Crippen LogP contribution in [0.1, 0.15) is 233 Å². The number of carbonyl (C=O) groups excluding carboxylic acids is 1. The fraction of sp³-hybridized carbons (Fsp3) is 0.927. The van der Waals surface area contributed by atoms with Gasteiger partial charge < -0.3 is 4.74 Å². The lowest BCUT2D eigenvalue weighted by molar-refractivity contribution is -0.143. The van der Waals surface area contributed by atoms with Crippen molar-refractivity contribution in [1.82, 2.24) is 0 Å². The van der Waals surface area contributed by atoms with Crippen molar-refractivity contribution in [3.05, 3.63) is 12.2 Å². The molecule has 0 aromatic carbocycles. The Kier molecular flexibility index (Phi) is 36.7. The molecule has 0 atom stereocenters. The molecule has 2 heteroatoms. The van der Waals surface area contributed by atoms with E-state index in [0.29, 0.717) is 13.0 Å². The average molecular weight is 605 g/mol. The molecule has 43 heavy (non-hydrogen) atoms. The van der Waals surface area contributed by atoms with Crippen molar-refractivity contribution in [1.29, 1.82) is 0 Å². The van der Waals surface area contributed by atoms with Gasteiger partial charge in [0, 0.05) is 6.42 Å². The third-order valence-corrected chi connectivity index (χ3v) is 9.08. The highest BCUT2D eigenvalue weighted by molar-refractivity contribution is 5.69. The SMILES string of the molecule is CCCCCCCCC=CCCCCCCCCCCCC(=O)OCCCCCCCCCCCCCCCCC(C)C. The van der Waals surface area contributed by atoms with E-state index in [9.17, 15) is 4.79 Å². The highest BCUT2D eigenvalue weighted by Gasteiger charge is 2.03. The first-order valence-electron chi connectivity index (χ1n) is 20.0. The molecule has 0 aromatic rings. The topological polar surface area (TPSA) is 26.3 Å². The van der Waals surface area contributed by atoms with Gasteiger partial charge in [0.05, 0.1) is 6.61 Å². The molecule has 0 aliphatic heterocycles. The summed E-state index contributed by atoms with van der Waals surface area (Å²) in [6.07, 6.45) is 48.6. The van der Waals surface area contributed by atoms with Gasteiger partial charge in [-0.25, -0.2) is 0 Å². The summed E-state index contributed by atoms with van der Waals surface area (Å²) in [5, 5.41) is 0. The normalized spacial score (nSPS) is 11.7. The van der Waals surface area contributed by atoms with Crippen LogP contribution in [0.2, 0.25) is 0 Å². The maximum atomic E-state index is 12.0. The van der Waals surface area contributed by atoms with Gasteiger partial charge >= 0.3 is 5.97 Å². The first kappa shape index (κ1) is 42.2. The van der Waals surface area contributed by atoms with Gasteiger partial charge in [0.15, 0.2) is 0 Å². The molecular formula is C41H80O2. The molecule has 2 nitrogen and oxygen atoms in total. The highest BCUT2D eigenvalue weighted by Crippen LogP contribution is 2.15. The molecule has 0 aliphatic rings. The Bertz CT molecular complexity index is 552. The van der Waals surface area contributed by atoms with Gasteiger partial charge in [0.25, 0.3) is 0 Å². The Labute approximate surface area is 272 Å². The first-order chi connectivity index (χ1) is 21.2. The van der Waals surface area contributed by atoms with Crippen molar-refractivity contribution < 1.29 is 9.53 Å². The number of hydrogen-bond acceptors (Lipinski definition) is 2. The molecule has 256 valence electrons. The van der Waals surface area contributed by atoms with Crippen molar-refractivity contribution >= 4 is 5.97 Å². The van der Waals surface area contributed by atoms with Crippen LogP contribution in [0.3, 0.4) is 0 Å². The van der Waals surface area contributed by atoms with E-state index in [-0.39, 0.29) is 5.97 Å². The second-order valence-electron chi connectivity index (χ2n) is 14.1. The molecule has 0 saturated heterocycles. The molecule has 0 unspecified atom stereocenters. The van der Waals surface area contributed by atoms with Gasteiger partial charge in [0.2, 0.25) is 0 Å². The van der Waals surface area contributed by atoms with Crippen LogP contribution in [0.25, 0.3) is 0 Å². The van der Waals surface area contributed by atoms with Crippen LogP contribution < -0.4 is 0 Å². The molecule has 0 aromatic heterocycles. The van der Waals surface area contributed by atoms with E-state index in [1.807, 2.05) is 0 Å². The molecule has 0 bridgehead atoms. The molecule has 0 N–H and O–H groups in total. The van der Waals surface area contributed by atoms with Gasteiger partial charge in [0.1, 0.15) is 0 Å². The fourth-order valence-corrected chi connectivity index (χ4v) is 6.08. The molecular weight excluding hydrogens is 524 g/mol. The highest BCUT2D eigenvalue weighted by atomic mass is 16.5. The Morgan fingerprint density at radius 2 is 0.814 bits per heavy atom.